The topological polar surface area (TPSA) is 3.24 Å². The first-order valence-electron chi connectivity index (χ1n) is 5.92. The van der Waals surface area contributed by atoms with E-state index in [1.807, 2.05) is 0 Å². The standard InChI is InChI=1S/C12H25N/c1-5-11(4)12-8-6-7-9-13(12)10(2)3/h10-12H,5-9H2,1-4H3/t11?,12-/m0/s1. The van der Waals surface area contributed by atoms with E-state index in [1.165, 1.54) is 32.2 Å². The highest BCUT2D eigenvalue weighted by molar-refractivity contribution is 4.82. The van der Waals surface area contributed by atoms with Crippen LogP contribution in [0.1, 0.15) is 53.4 Å². The van der Waals surface area contributed by atoms with E-state index in [2.05, 4.69) is 32.6 Å². The summed E-state index contributed by atoms with van der Waals surface area (Å²) < 4.78 is 0. The lowest BCUT2D eigenvalue weighted by Crippen LogP contribution is -2.46. The third-order valence-corrected chi connectivity index (χ3v) is 3.56. The lowest BCUT2D eigenvalue weighted by atomic mass is 9.89. The molecule has 1 unspecified atom stereocenters. The molecule has 1 saturated heterocycles. The molecule has 13 heavy (non-hydrogen) atoms. The first-order valence-corrected chi connectivity index (χ1v) is 5.92. The van der Waals surface area contributed by atoms with Gasteiger partial charge in [0.2, 0.25) is 0 Å². The van der Waals surface area contributed by atoms with Gasteiger partial charge in [-0.05, 0) is 39.2 Å². The molecule has 0 aromatic carbocycles. The van der Waals surface area contributed by atoms with E-state index in [1.54, 1.807) is 0 Å². The summed E-state index contributed by atoms with van der Waals surface area (Å²) in [5, 5.41) is 0. The first-order chi connectivity index (χ1) is 6.16. The summed E-state index contributed by atoms with van der Waals surface area (Å²) in [6.07, 6.45) is 5.60. The zero-order chi connectivity index (χ0) is 9.84. The Morgan fingerprint density at radius 3 is 2.46 bits per heavy atom. The second-order valence-electron chi connectivity index (χ2n) is 4.78. The molecule has 0 bridgehead atoms. The van der Waals surface area contributed by atoms with Gasteiger partial charge in [0.15, 0.2) is 0 Å². The maximum atomic E-state index is 2.71. The van der Waals surface area contributed by atoms with Crippen LogP contribution in [0, 0.1) is 5.92 Å². The Labute approximate surface area is 83.5 Å². The maximum absolute atomic E-state index is 2.71. The number of hydrogen-bond donors (Lipinski definition) is 0. The van der Waals surface area contributed by atoms with E-state index in [0.717, 1.165) is 18.0 Å². The molecule has 0 radical (unpaired) electrons. The number of rotatable bonds is 3. The molecular formula is C12H25N. The molecule has 1 rings (SSSR count). The molecule has 0 N–H and O–H groups in total. The Morgan fingerprint density at radius 2 is 1.92 bits per heavy atom. The van der Waals surface area contributed by atoms with E-state index in [0.29, 0.717) is 0 Å². The largest absolute Gasteiger partial charge is 0.298 e. The molecule has 78 valence electrons. The molecule has 1 heteroatoms. The molecule has 0 spiro atoms. The average Bonchev–Trinajstić information content (AvgIpc) is 2.16. The number of likely N-dealkylation sites (tertiary alicyclic amines) is 1. The van der Waals surface area contributed by atoms with Crippen LogP contribution in [-0.2, 0) is 0 Å². The van der Waals surface area contributed by atoms with E-state index < -0.39 is 0 Å². The Kier molecular flexibility index (Phi) is 4.24. The SMILES string of the molecule is CCC(C)[C@@H]1CCCCN1C(C)C. The predicted octanol–water partition coefficient (Wildman–Crippen LogP) is 3.30. The summed E-state index contributed by atoms with van der Waals surface area (Å²) in [5.41, 5.74) is 0. The van der Waals surface area contributed by atoms with Crippen molar-refractivity contribution < 1.29 is 0 Å². The van der Waals surface area contributed by atoms with Crippen molar-refractivity contribution in [1.29, 1.82) is 0 Å². The third-order valence-electron chi connectivity index (χ3n) is 3.56. The fourth-order valence-corrected chi connectivity index (χ4v) is 2.50. The summed E-state index contributed by atoms with van der Waals surface area (Å²) >= 11 is 0. The van der Waals surface area contributed by atoms with Crippen molar-refractivity contribution in [3.05, 3.63) is 0 Å². The van der Waals surface area contributed by atoms with Gasteiger partial charge in [-0.3, -0.25) is 4.90 Å². The minimum atomic E-state index is 0.735. The van der Waals surface area contributed by atoms with Gasteiger partial charge in [-0.25, -0.2) is 0 Å². The highest BCUT2D eigenvalue weighted by atomic mass is 15.2. The third kappa shape index (κ3) is 2.70. The van der Waals surface area contributed by atoms with Crippen LogP contribution < -0.4 is 0 Å². The maximum Gasteiger partial charge on any atom is 0.0123 e. The highest BCUT2D eigenvalue weighted by Gasteiger charge is 2.27. The Balaban J connectivity index is 2.56. The van der Waals surface area contributed by atoms with Gasteiger partial charge in [0.25, 0.3) is 0 Å². The highest BCUT2D eigenvalue weighted by Crippen LogP contribution is 2.26. The Bertz CT molecular complexity index is 142. The molecule has 0 aliphatic carbocycles. The van der Waals surface area contributed by atoms with Crippen molar-refractivity contribution in [2.75, 3.05) is 6.54 Å². The molecule has 1 fully saturated rings. The van der Waals surface area contributed by atoms with Crippen LogP contribution in [0.15, 0.2) is 0 Å². The van der Waals surface area contributed by atoms with Crippen molar-refractivity contribution in [2.45, 2.75) is 65.5 Å². The summed E-state index contributed by atoms with van der Waals surface area (Å²) in [5.74, 6) is 0.877. The zero-order valence-electron chi connectivity index (χ0n) is 9.71. The van der Waals surface area contributed by atoms with Gasteiger partial charge in [-0.15, -0.1) is 0 Å². The first kappa shape index (κ1) is 11.0. The van der Waals surface area contributed by atoms with Gasteiger partial charge >= 0.3 is 0 Å². The van der Waals surface area contributed by atoms with E-state index in [4.69, 9.17) is 0 Å². The second-order valence-corrected chi connectivity index (χ2v) is 4.78. The summed E-state index contributed by atoms with van der Waals surface area (Å²) in [4.78, 5) is 2.71. The molecule has 2 atom stereocenters. The quantitative estimate of drug-likeness (QED) is 0.649. The molecule has 0 aromatic heterocycles. The lowest BCUT2D eigenvalue weighted by Gasteiger charge is -2.41. The Hall–Kier alpha value is -0.0400. The molecule has 0 amide bonds. The van der Waals surface area contributed by atoms with Crippen LogP contribution in [0.25, 0.3) is 0 Å². The van der Waals surface area contributed by atoms with Crippen LogP contribution in [0.5, 0.6) is 0 Å². The van der Waals surface area contributed by atoms with Gasteiger partial charge in [0, 0.05) is 12.1 Å². The van der Waals surface area contributed by atoms with Crippen LogP contribution in [0.2, 0.25) is 0 Å². The average molecular weight is 183 g/mol. The summed E-state index contributed by atoms with van der Waals surface area (Å²) in [7, 11) is 0. The molecule has 1 aliphatic rings. The zero-order valence-corrected chi connectivity index (χ0v) is 9.71. The van der Waals surface area contributed by atoms with Crippen molar-refractivity contribution in [3.8, 4) is 0 Å². The van der Waals surface area contributed by atoms with Crippen molar-refractivity contribution in [3.63, 3.8) is 0 Å². The Morgan fingerprint density at radius 1 is 1.23 bits per heavy atom. The number of nitrogens with zero attached hydrogens (tertiary/aromatic N) is 1. The predicted molar refractivity (Wildman–Crippen MR) is 58.9 cm³/mol. The molecule has 1 nitrogen and oxygen atoms in total. The van der Waals surface area contributed by atoms with Gasteiger partial charge in [-0.1, -0.05) is 26.7 Å². The minimum Gasteiger partial charge on any atom is -0.298 e. The fraction of sp³-hybridized carbons (Fsp3) is 1.00. The lowest BCUT2D eigenvalue weighted by molar-refractivity contribution is 0.0740. The van der Waals surface area contributed by atoms with Crippen molar-refractivity contribution >= 4 is 0 Å². The van der Waals surface area contributed by atoms with Crippen molar-refractivity contribution in [2.24, 2.45) is 5.92 Å². The fourth-order valence-electron chi connectivity index (χ4n) is 2.50. The van der Waals surface area contributed by atoms with Gasteiger partial charge < -0.3 is 0 Å². The summed E-state index contributed by atoms with van der Waals surface area (Å²) in [6, 6.07) is 1.60. The van der Waals surface area contributed by atoms with E-state index >= 15 is 0 Å². The second kappa shape index (κ2) is 4.99. The molecule has 0 aromatic rings. The molecule has 0 saturated carbocycles. The number of hydrogen-bond acceptors (Lipinski definition) is 1. The number of piperidine rings is 1. The van der Waals surface area contributed by atoms with Crippen LogP contribution in [0.4, 0.5) is 0 Å². The van der Waals surface area contributed by atoms with Gasteiger partial charge in [-0.2, -0.15) is 0 Å². The van der Waals surface area contributed by atoms with Gasteiger partial charge in [0.05, 0.1) is 0 Å². The van der Waals surface area contributed by atoms with Crippen LogP contribution >= 0.6 is 0 Å². The van der Waals surface area contributed by atoms with E-state index in [-0.39, 0.29) is 0 Å². The summed E-state index contributed by atoms with van der Waals surface area (Å²) in [6.45, 7) is 10.7. The van der Waals surface area contributed by atoms with E-state index in [9.17, 15) is 0 Å². The minimum absolute atomic E-state index is 0.735. The smallest absolute Gasteiger partial charge is 0.0123 e. The molecular weight excluding hydrogens is 158 g/mol. The normalized spacial score (nSPS) is 27.9. The molecule has 1 heterocycles. The molecule has 1 aliphatic heterocycles. The van der Waals surface area contributed by atoms with Crippen LogP contribution in [-0.4, -0.2) is 23.5 Å². The monoisotopic (exact) mass is 183 g/mol. The van der Waals surface area contributed by atoms with Crippen molar-refractivity contribution in [1.82, 2.24) is 4.90 Å². The van der Waals surface area contributed by atoms with Gasteiger partial charge in [0.1, 0.15) is 0 Å². The van der Waals surface area contributed by atoms with Crippen LogP contribution in [0.3, 0.4) is 0 Å².